The van der Waals surface area contributed by atoms with Gasteiger partial charge in [-0.2, -0.15) is 0 Å². The van der Waals surface area contributed by atoms with Crippen LogP contribution in [-0.4, -0.2) is 27.7 Å². The standard InChI is InChI=1S/C21H28O2Si2/c1-24(2,3)18-11-7-16(8-12-18)20(22)15-21(23)17-9-13-19(14-10-17)25(4,5)6/h7-14H,15H2,1-6H3. The third-order valence-electron chi connectivity index (χ3n) is 4.47. The minimum Gasteiger partial charge on any atom is -0.294 e. The Morgan fingerprint density at radius 3 is 1.12 bits per heavy atom. The Hall–Kier alpha value is -1.79. The summed E-state index contributed by atoms with van der Waals surface area (Å²) in [6.45, 7) is 13.7. The van der Waals surface area contributed by atoms with E-state index in [1.54, 1.807) is 0 Å². The van der Waals surface area contributed by atoms with Crippen molar-refractivity contribution in [3.8, 4) is 0 Å². The first-order valence-corrected chi connectivity index (χ1v) is 15.8. The van der Waals surface area contributed by atoms with Gasteiger partial charge < -0.3 is 0 Å². The van der Waals surface area contributed by atoms with Gasteiger partial charge in [0.15, 0.2) is 11.6 Å². The van der Waals surface area contributed by atoms with E-state index in [2.05, 4.69) is 39.3 Å². The lowest BCUT2D eigenvalue weighted by molar-refractivity contribution is 0.0894. The fourth-order valence-electron chi connectivity index (χ4n) is 2.66. The molecule has 0 atom stereocenters. The van der Waals surface area contributed by atoms with Gasteiger partial charge in [-0.05, 0) is 0 Å². The SMILES string of the molecule is C[Si](C)(C)c1ccc(C(=O)CC(=O)c2ccc([Si](C)(C)C)cc2)cc1. The highest BCUT2D eigenvalue weighted by Crippen LogP contribution is 2.11. The maximum atomic E-state index is 12.4. The van der Waals surface area contributed by atoms with Crippen molar-refractivity contribution in [3.63, 3.8) is 0 Å². The van der Waals surface area contributed by atoms with Gasteiger partial charge in [0, 0.05) is 11.1 Å². The molecule has 0 spiro atoms. The Morgan fingerprint density at radius 2 is 0.880 bits per heavy atom. The second-order valence-electron chi connectivity index (χ2n) is 8.68. The molecule has 2 rings (SSSR count). The van der Waals surface area contributed by atoms with Crippen molar-refractivity contribution >= 4 is 38.1 Å². The van der Waals surface area contributed by atoms with Crippen LogP contribution in [0.5, 0.6) is 0 Å². The first-order valence-electron chi connectivity index (χ1n) is 8.76. The molecule has 25 heavy (non-hydrogen) atoms. The van der Waals surface area contributed by atoms with E-state index in [9.17, 15) is 9.59 Å². The molecule has 0 aliphatic carbocycles. The van der Waals surface area contributed by atoms with E-state index >= 15 is 0 Å². The van der Waals surface area contributed by atoms with Crippen molar-refractivity contribution in [1.29, 1.82) is 0 Å². The predicted molar refractivity (Wildman–Crippen MR) is 112 cm³/mol. The summed E-state index contributed by atoms with van der Waals surface area (Å²) < 4.78 is 0. The molecule has 0 unspecified atom stereocenters. The maximum Gasteiger partial charge on any atom is 0.170 e. The van der Waals surface area contributed by atoms with Crippen LogP contribution < -0.4 is 10.4 Å². The summed E-state index contributed by atoms with van der Waals surface area (Å²) in [6, 6.07) is 15.6. The van der Waals surface area contributed by atoms with Gasteiger partial charge in [-0.3, -0.25) is 9.59 Å². The number of carbonyl (C=O) groups excluding carboxylic acids is 2. The summed E-state index contributed by atoms with van der Waals surface area (Å²) >= 11 is 0. The van der Waals surface area contributed by atoms with Gasteiger partial charge in [-0.1, -0.05) is 98.2 Å². The summed E-state index contributed by atoms with van der Waals surface area (Å²) in [4.78, 5) is 24.8. The first kappa shape index (κ1) is 19.5. The molecular weight excluding hydrogens is 340 g/mol. The molecule has 0 fully saturated rings. The molecule has 0 amide bonds. The van der Waals surface area contributed by atoms with E-state index in [0.29, 0.717) is 11.1 Å². The monoisotopic (exact) mass is 368 g/mol. The van der Waals surface area contributed by atoms with Gasteiger partial charge in [0.25, 0.3) is 0 Å². The molecule has 0 saturated heterocycles. The minimum absolute atomic E-state index is 0.0708. The molecule has 0 aliphatic heterocycles. The minimum atomic E-state index is -1.37. The number of hydrogen-bond donors (Lipinski definition) is 0. The summed E-state index contributed by atoms with van der Waals surface area (Å²) in [7, 11) is -2.74. The molecule has 0 aliphatic rings. The highest BCUT2D eigenvalue weighted by atomic mass is 28.3. The summed E-state index contributed by atoms with van der Waals surface area (Å²) in [6.07, 6.45) is -0.0708. The average Bonchev–Trinajstić information content (AvgIpc) is 2.53. The topological polar surface area (TPSA) is 34.1 Å². The van der Waals surface area contributed by atoms with Crippen LogP contribution in [0.4, 0.5) is 0 Å². The number of benzene rings is 2. The van der Waals surface area contributed by atoms with E-state index in [-0.39, 0.29) is 18.0 Å². The van der Waals surface area contributed by atoms with Crippen molar-refractivity contribution in [3.05, 3.63) is 59.7 Å². The molecule has 0 aromatic heterocycles. The van der Waals surface area contributed by atoms with Crippen molar-refractivity contribution in [2.75, 3.05) is 0 Å². The van der Waals surface area contributed by atoms with Crippen LogP contribution in [0, 0.1) is 0 Å². The van der Waals surface area contributed by atoms with Crippen LogP contribution in [0.2, 0.25) is 39.3 Å². The lowest BCUT2D eigenvalue weighted by Gasteiger charge is -2.17. The van der Waals surface area contributed by atoms with Crippen LogP contribution in [0.15, 0.2) is 48.5 Å². The number of hydrogen-bond acceptors (Lipinski definition) is 2. The summed E-state index contributed by atoms with van der Waals surface area (Å²) in [5.41, 5.74) is 1.24. The van der Waals surface area contributed by atoms with Gasteiger partial charge in [0.1, 0.15) is 0 Å². The van der Waals surface area contributed by atoms with Gasteiger partial charge >= 0.3 is 0 Å². The Morgan fingerprint density at radius 1 is 0.600 bits per heavy atom. The average molecular weight is 369 g/mol. The molecular formula is C21H28O2Si2. The molecule has 2 aromatic rings. The Labute approximate surface area is 153 Å². The summed E-state index contributed by atoms with van der Waals surface area (Å²) in [5.74, 6) is -0.220. The zero-order valence-electron chi connectivity index (χ0n) is 16.1. The number of ketones is 2. The highest BCUT2D eigenvalue weighted by molar-refractivity contribution is 6.89. The zero-order chi connectivity index (χ0) is 18.8. The quantitative estimate of drug-likeness (QED) is 0.434. The molecule has 132 valence electrons. The van der Waals surface area contributed by atoms with Crippen LogP contribution in [0.3, 0.4) is 0 Å². The Bertz CT molecular complexity index is 694. The Balaban J connectivity index is 2.08. The molecule has 2 aromatic carbocycles. The maximum absolute atomic E-state index is 12.4. The third-order valence-corrected chi connectivity index (χ3v) is 8.60. The normalized spacial score (nSPS) is 12.1. The van der Waals surface area contributed by atoms with Crippen LogP contribution in [0.25, 0.3) is 0 Å². The summed E-state index contributed by atoms with van der Waals surface area (Å²) in [5, 5.41) is 2.63. The smallest absolute Gasteiger partial charge is 0.170 e. The second-order valence-corrected chi connectivity index (χ2v) is 18.8. The highest BCUT2D eigenvalue weighted by Gasteiger charge is 2.19. The number of rotatable bonds is 6. The number of carbonyl (C=O) groups is 2. The molecule has 4 heteroatoms. The number of Topliss-reactive ketones (excluding diaryl/α,β-unsaturated/α-hetero) is 2. The van der Waals surface area contributed by atoms with Gasteiger partial charge in [0.2, 0.25) is 0 Å². The predicted octanol–water partition coefficient (Wildman–Crippen LogP) is 4.23. The lowest BCUT2D eigenvalue weighted by atomic mass is 10.0. The van der Waals surface area contributed by atoms with Gasteiger partial charge in [-0.25, -0.2) is 0 Å². The Kier molecular flexibility index (Phi) is 5.64. The second kappa shape index (κ2) is 7.22. The van der Waals surface area contributed by atoms with E-state index in [4.69, 9.17) is 0 Å². The molecule has 0 heterocycles. The molecule has 0 radical (unpaired) electrons. The van der Waals surface area contributed by atoms with E-state index in [0.717, 1.165) is 0 Å². The van der Waals surface area contributed by atoms with Crippen molar-refractivity contribution in [2.24, 2.45) is 0 Å². The third kappa shape index (κ3) is 5.09. The van der Waals surface area contributed by atoms with E-state index in [1.807, 2.05) is 48.5 Å². The fraction of sp³-hybridized carbons (Fsp3) is 0.333. The molecule has 0 saturated carbocycles. The van der Waals surface area contributed by atoms with Crippen molar-refractivity contribution in [1.82, 2.24) is 0 Å². The van der Waals surface area contributed by atoms with Crippen molar-refractivity contribution < 1.29 is 9.59 Å². The van der Waals surface area contributed by atoms with E-state index in [1.165, 1.54) is 10.4 Å². The largest absolute Gasteiger partial charge is 0.294 e. The van der Waals surface area contributed by atoms with Crippen LogP contribution >= 0.6 is 0 Å². The van der Waals surface area contributed by atoms with E-state index < -0.39 is 16.1 Å². The van der Waals surface area contributed by atoms with Crippen LogP contribution in [-0.2, 0) is 0 Å². The molecule has 2 nitrogen and oxygen atoms in total. The van der Waals surface area contributed by atoms with Crippen LogP contribution in [0.1, 0.15) is 27.1 Å². The van der Waals surface area contributed by atoms with Gasteiger partial charge in [-0.15, -0.1) is 0 Å². The van der Waals surface area contributed by atoms with Crippen molar-refractivity contribution in [2.45, 2.75) is 45.7 Å². The van der Waals surface area contributed by atoms with Gasteiger partial charge in [0.05, 0.1) is 22.6 Å². The fourth-order valence-corrected chi connectivity index (χ4v) is 5.00. The molecule has 0 bridgehead atoms. The molecule has 0 N–H and O–H groups in total. The first-order chi connectivity index (χ1) is 11.5. The lowest BCUT2D eigenvalue weighted by Crippen LogP contribution is -2.37. The zero-order valence-corrected chi connectivity index (χ0v) is 18.1.